The van der Waals surface area contributed by atoms with Crippen LogP contribution < -0.4 is 4.89 Å². The molecule has 0 amide bonds. The van der Waals surface area contributed by atoms with Gasteiger partial charge in [-0.05, 0) is 57.8 Å². The number of carbonyl (C=O) groups excluding carboxylic acids is 2. The van der Waals surface area contributed by atoms with Gasteiger partial charge in [0.25, 0.3) is 7.82 Å². The first-order chi connectivity index (χ1) is 28.0. The first kappa shape index (κ1) is 54.9. The maximum atomic E-state index is 12.6. The van der Waals surface area contributed by atoms with E-state index >= 15 is 0 Å². The molecule has 9 nitrogen and oxygen atoms in total. The Morgan fingerprint density at radius 2 is 1.03 bits per heavy atom. The molecule has 0 aliphatic carbocycles. The van der Waals surface area contributed by atoms with Crippen LogP contribution in [0, 0.1) is 0 Å². The number of hydrogen-bond acceptors (Lipinski definition) is 8. The molecule has 330 valence electrons. The van der Waals surface area contributed by atoms with E-state index in [2.05, 4.69) is 56.4 Å². The summed E-state index contributed by atoms with van der Waals surface area (Å²) in [4.78, 5) is 37.5. The Labute approximate surface area is 353 Å². The van der Waals surface area contributed by atoms with E-state index < -0.39 is 32.5 Å². The number of nitrogens with zero attached hydrogens (tertiary/aromatic N) is 1. The van der Waals surface area contributed by atoms with Gasteiger partial charge in [0.2, 0.25) is 0 Å². The third-order valence-electron chi connectivity index (χ3n) is 8.73. The average molecular weight is 830 g/mol. The summed E-state index contributed by atoms with van der Waals surface area (Å²) in [6.07, 6.45) is 51.7. The smallest absolute Gasteiger partial charge is 0.306 e. The molecule has 0 fully saturated rings. The SMILES string of the molecule is CC/C=C/C=C/C=C/C=C/C=C/CCCC(=O)OC(COC(=O)CCCCCCCCCCCCC/C=C/C/C=C/C/C=C/CC)COP(=O)([O-])OCC[N+](C)(C)C. The van der Waals surface area contributed by atoms with Crippen molar-refractivity contribution >= 4 is 19.8 Å². The largest absolute Gasteiger partial charge is 0.756 e. The Hall–Kier alpha value is -3.07. The minimum Gasteiger partial charge on any atom is -0.756 e. The maximum Gasteiger partial charge on any atom is 0.306 e. The number of unbranched alkanes of at least 4 members (excludes halogenated alkanes) is 12. The van der Waals surface area contributed by atoms with Gasteiger partial charge in [-0.15, -0.1) is 0 Å². The summed E-state index contributed by atoms with van der Waals surface area (Å²) in [6.45, 7) is 3.86. The van der Waals surface area contributed by atoms with E-state index in [-0.39, 0.29) is 26.1 Å². The van der Waals surface area contributed by atoms with Gasteiger partial charge >= 0.3 is 11.9 Å². The molecule has 58 heavy (non-hydrogen) atoms. The molecular formula is C48H80NO8P. The maximum absolute atomic E-state index is 12.6. The zero-order valence-corrected chi connectivity index (χ0v) is 37.8. The lowest BCUT2D eigenvalue weighted by molar-refractivity contribution is -0.870. The van der Waals surface area contributed by atoms with Crippen molar-refractivity contribution in [3.8, 4) is 0 Å². The Kier molecular flexibility index (Phi) is 37.3. The summed E-state index contributed by atoms with van der Waals surface area (Å²) in [5.74, 6) is -0.934. The average Bonchev–Trinajstić information content (AvgIpc) is 3.17. The third-order valence-corrected chi connectivity index (χ3v) is 9.69. The van der Waals surface area contributed by atoms with Gasteiger partial charge in [-0.25, -0.2) is 0 Å². The first-order valence-electron chi connectivity index (χ1n) is 22.0. The highest BCUT2D eigenvalue weighted by molar-refractivity contribution is 7.45. The van der Waals surface area contributed by atoms with Crippen molar-refractivity contribution in [1.82, 2.24) is 0 Å². The summed E-state index contributed by atoms with van der Waals surface area (Å²) in [7, 11) is 1.10. The Bertz CT molecular complexity index is 1300. The molecule has 2 atom stereocenters. The van der Waals surface area contributed by atoms with Crippen molar-refractivity contribution in [2.24, 2.45) is 0 Å². The highest BCUT2D eigenvalue weighted by atomic mass is 31.2. The lowest BCUT2D eigenvalue weighted by Gasteiger charge is -2.28. The normalized spacial score (nSPS) is 14.5. The van der Waals surface area contributed by atoms with Gasteiger partial charge in [0.05, 0.1) is 27.7 Å². The highest BCUT2D eigenvalue weighted by Crippen LogP contribution is 2.38. The van der Waals surface area contributed by atoms with Gasteiger partial charge in [0.15, 0.2) is 6.10 Å². The van der Waals surface area contributed by atoms with Crippen LogP contribution >= 0.6 is 7.82 Å². The lowest BCUT2D eigenvalue weighted by atomic mass is 10.0. The molecule has 0 N–H and O–H groups in total. The Morgan fingerprint density at radius 1 is 0.552 bits per heavy atom. The number of esters is 2. The van der Waals surface area contributed by atoms with Crippen LogP contribution in [0.2, 0.25) is 0 Å². The molecule has 0 saturated heterocycles. The van der Waals surface area contributed by atoms with Crippen molar-refractivity contribution < 1.29 is 42.1 Å². The summed E-state index contributed by atoms with van der Waals surface area (Å²) >= 11 is 0. The number of phosphoric ester groups is 1. The Balaban J connectivity index is 4.38. The molecule has 0 aromatic rings. The van der Waals surface area contributed by atoms with Crippen LogP contribution in [0.15, 0.2) is 97.2 Å². The predicted octanol–water partition coefficient (Wildman–Crippen LogP) is 11.9. The molecular weight excluding hydrogens is 750 g/mol. The molecule has 0 saturated carbocycles. The predicted molar refractivity (Wildman–Crippen MR) is 240 cm³/mol. The van der Waals surface area contributed by atoms with Gasteiger partial charge in [-0.3, -0.25) is 14.2 Å². The number of likely N-dealkylation sites (N-methyl/N-ethyl adjacent to an activating group) is 1. The molecule has 2 unspecified atom stereocenters. The second-order valence-corrected chi connectivity index (χ2v) is 16.8. The van der Waals surface area contributed by atoms with Gasteiger partial charge in [0.1, 0.15) is 19.8 Å². The van der Waals surface area contributed by atoms with Crippen LogP contribution in [0.1, 0.15) is 142 Å². The van der Waals surface area contributed by atoms with Crippen molar-refractivity contribution in [3.63, 3.8) is 0 Å². The molecule has 0 aliphatic rings. The van der Waals surface area contributed by atoms with Crippen LogP contribution in [-0.2, 0) is 32.7 Å². The molecule has 0 aromatic heterocycles. The minimum absolute atomic E-state index is 0.0501. The molecule has 0 spiro atoms. The fraction of sp³-hybridized carbons (Fsp3) is 0.625. The van der Waals surface area contributed by atoms with Crippen LogP contribution in [-0.4, -0.2) is 70.0 Å². The number of quaternary nitrogens is 1. The number of phosphoric acid groups is 1. The van der Waals surface area contributed by atoms with E-state index in [1.165, 1.54) is 51.4 Å². The molecule has 0 heterocycles. The van der Waals surface area contributed by atoms with E-state index in [1.54, 1.807) is 0 Å². The van der Waals surface area contributed by atoms with Gasteiger partial charge in [0, 0.05) is 12.8 Å². The number of carbonyl (C=O) groups is 2. The van der Waals surface area contributed by atoms with Crippen LogP contribution in [0.3, 0.4) is 0 Å². The molecule has 0 rings (SSSR count). The van der Waals surface area contributed by atoms with Crippen molar-refractivity contribution in [2.75, 3.05) is 47.5 Å². The molecule has 10 heteroatoms. The first-order valence-corrected chi connectivity index (χ1v) is 23.5. The van der Waals surface area contributed by atoms with Crippen LogP contribution in [0.25, 0.3) is 0 Å². The summed E-state index contributed by atoms with van der Waals surface area (Å²) < 4.78 is 33.8. The van der Waals surface area contributed by atoms with Crippen LogP contribution in [0.5, 0.6) is 0 Å². The quantitative estimate of drug-likeness (QED) is 0.0151. The van der Waals surface area contributed by atoms with E-state index in [9.17, 15) is 19.0 Å². The number of hydrogen-bond donors (Lipinski definition) is 0. The molecule has 0 aliphatic heterocycles. The van der Waals surface area contributed by atoms with Crippen LogP contribution in [0.4, 0.5) is 0 Å². The summed E-state index contributed by atoms with van der Waals surface area (Å²) in [5.41, 5.74) is 0. The van der Waals surface area contributed by atoms with E-state index in [1.807, 2.05) is 75.8 Å². The molecule has 0 radical (unpaired) electrons. The number of ether oxygens (including phenoxy) is 2. The lowest BCUT2D eigenvalue weighted by Crippen LogP contribution is -2.37. The third kappa shape index (κ3) is 42.5. The summed E-state index contributed by atoms with van der Waals surface area (Å²) in [6, 6.07) is 0. The second kappa shape index (κ2) is 39.4. The summed E-state index contributed by atoms with van der Waals surface area (Å²) in [5, 5.41) is 0. The van der Waals surface area contributed by atoms with Gasteiger partial charge in [-0.1, -0.05) is 169 Å². The number of rotatable bonds is 38. The highest BCUT2D eigenvalue weighted by Gasteiger charge is 2.21. The minimum atomic E-state index is -4.65. The van der Waals surface area contributed by atoms with E-state index in [4.69, 9.17) is 18.5 Å². The monoisotopic (exact) mass is 830 g/mol. The topological polar surface area (TPSA) is 111 Å². The fourth-order valence-electron chi connectivity index (χ4n) is 5.34. The molecule has 0 bridgehead atoms. The van der Waals surface area contributed by atoms with Crippen molar-refractivity contribution in [2.45, 2.75) is 148 Å². The second-order valence-electron chi connectivity index (χ2n) is 15.4. The van der Waals surface area contributed by atoms with E-state index in [0.29, 0.717) is 30.3 Å². The van der Waals surface area contributed by atoms with Crippen molar-refractivity contribution in [3.05, 3.63) is 97.2 Å². The zero-order chi connectivity index (χ0) is 42.8. The van der Waals surface area contributed by atoms with Crippen molar-refractivity contribution in [1.29, 1.82) is 0 Å². The molecule has 0 aromatic carbocycles. The van der Waals surface area contributed by atoms with Gasteiger partial charge in [-0.2, -0.15) is 0 Å². The number of allylic oxidation sites excluding steroid dienone is 16. The van der Waals surface area contributed by atoms with Gasteiger partial charge < -0.3 is 27.9 Å². The van der Waals surface area contributed by atoms with E-state index in [0.717, 1.165) is 44.9 Å². The zero-order valence-electron chi connectivity index (χ0n) is 36.9. The fourth-order valence-corrected chi connectivity index (χ4v) is 6.07. The standard InChI is InChI=1S/C48H80NO8P/c1-6-8-10-12-14-16-18-20-21-22-23-24-25-26-27-29-30-32-34-36-38-40-47(50)54-44-46(45-56-58(52,53)55-43-42-49(3,4)5)57-48(51)41-39-37-35-33-31-28-19-17-15-13-11-9-7-2/h8-11,13-17,19-21,28,31,33,35,46H,6-7,12,18,22-27,29-30,32,34,36-45H2,1-5H3/b10-8+,11-9+,15-13+,16-14+,19-17+,21-20+,31-28+,35-33+. The Morgan fingerprint density at radius 3 is 1.62 bits per heavy atom.